The molecule has 27 heavy (non-hydrogen) atoms. The van der Waals surface area contributed by atoms with Gasteiger partial charge in [-0.15, -0.1) is 10.2 Å². The number of hydrogen-bond acceptors (Lipinski definition) is 6. The lowest BCUT2D eigenvalue weighted by molar-refractivity contribution is -0.121. The number of nitrogens with zero attached hydrogens (tertiary/aromatic N) is 2. The van der Waals surface area contributed by atoms with Crippen molar-refractivity contribution < 1.29 is 13.9 Å². The molecule has 0 radical (unpaired) electrons. The van der Waals surface area contributed by atoms with Crippen LogP contribution in [0.25, 0.3) is 0 Å². The van der Waals surface area contributed by atoms with Crippen molar-refractivity contribution in [2.75, 3.05) is 12.4 Å². The van der Waals surface area contributed by atoms with E-state index < -0.39 is 0 Å². The molecule has 0 aliphatic heterocycles. The number of carbonyl (C=O) groups excluding carboxylic acids is 1. The summed E-state index contributed by atoms with van der Waals surface area (Å²) in [5.41, 5.74) is 1.61. The molecule has 0 aliphatic rings. The van der Waals surface area contributed by atoms with Crippen LogP contribution in [-0.2, 0) is 11.2 Å². The maximum atomic E-state index is 13.0. The van der Waals surface area contributed by atoms with Gasteiger partial charge in [-0.2, -0.15) is 0 Å². The van der Waals surface area contributed by atoms with Gasteiger partial charge in [0.2, 0.25) is 11.0 Å². The van der Waals surface area contributed by atoms with Crippen LogP contribution in [0.15, 0.2) is 48.5 Å². The van der Waals surface area contributed by atoms with Crippen LogP contribution in [0.1, 0.15) is 23.5 Å². The zero-order chi connectivity index (χ0) is 19.2. The maximum absolute atomic E-state index is 13.0. The fourth-order valence-corrected chi connectivity index (χ4v) is 3.25. The Kier molecular flexibility index (Phi) is 5.97. The molecule has 0 saturated carbocycles. The van der Waals surface area contributed by atoms with Gasteiger partial charge in [0.15, 0.2) is 0 Å². The second kappa shape index (κ2) is 8.59. The summed E-state index contributed by atoms with van der Waals surface area (Å²) in [7, 11) is 1.60. The van der Waals surface area contributed by atoms with Crippen LogP contribution < -0.4 is 15.4 Å². The molecular formula is C19H19FN4O2S. The van der Waals surface area contributed by atoms with E-state index in [1.165, 1.54) is 23.5 Å². The van der Waals surface area contributed by atoms with Crippen molar-refractivity contribution in [2.24, 2.45) is 0 Å². The largest absolute Gasteiger partial charge is 0.495 e. The summed E-state index contributed by atoms with van der Waals surface area (Å²) in [6.45, 7) is 1.85. The van der Waals surface area contributed by atoms with E-state index in [1.54, 1.807) is 19.2 Å². The van der Waals surface area contributed by atoms with Gasteiger partial charge in [0.25, 0.3) is 0 Å². The first kappa shape index (κ1) is 18.8. The fraction of sp³-hybridized carbons (Fsp3) is 0.211. The Bertz CT molecular complexity index is 914. The van der Waals surface area contributed by atoms with E-state index in [9.17, 15) is 9.18 Å². The molecular weight excluding hydrogens is 367 g/mol. The van der Waals surface area contributed by atoms with Crippen LogP contribution in [0.5, 0.6) is 5.75 Å². The van der Waals surface area contributed by atoms with Crippen molar-refractivity contribution in [2.45, 2.75) is 19.4 Å². The van der Waals surface area contributed by atoms with Gasteiger partial charge < -0.3 is 15.4 Å². The molecule has 1 aromatic heterocycles. The summed E-state index contributed by atoms with van der Waals surface area (Å²) in [6.07, 6.45) is 0.122. The lowest BCUT2D eigenvalue weighted by Gasteiger charge is -2.13. The molecule has 3 aromatic rings. The van der Waals surface area contributed by atoms with E-state index in [0.717, 1.165) is 11.3 Å². The number of para-hydroxylation sites is 2. The molecule has 1 heterocycles. The Labute approximate surface area is 160 Å². The highest BCUT2D eigenvalue weighted by atomic mass is 32.1. The van der Waals surface area contributed by atoms with Gasteiger partial charge in [-0.1, -0.05) is 35.6 Å². The smallest absolute Gasteiger partial charge is 0.227 e. The number of ether oxygens (including phenoxy) is 1. The van der Waals surface area contributed by atoms with E-state index in [-0.39, 0.29) is 24.2 Å². The van der Waals surface area contributed by atoms with Crippen LogP contribution in [0.2, 0.25) is 0 Å². The number of methoxy groups -OCH3 is 1. The molecule has 2 N–H and O–H groups in total. The SMILES string of the molecule is COc1ccccc1Nc1nnc(CC(=O)N[C@@H](C)c2ccc(F)cc2)s1. The summed E-state index contributed by atoms with van der Waals surface area (Å²) < 4.78 is 18.3. The molecule has 1 amide bonds. The minimum atomic E-state index is -0.304. The predicted octanol–water partition coefficient (Wildman–Crippen LogP) is 3.85. The van der Waals surface area contributed by atoms with Crippen molar-refractivity contribution in [1.82, 2.24) is 15.5 Å². The number of rotatable bonds is 7. The fourth-order valence-electron chi connectivity index (χ4n) is 2.50. The summed E-state index contributed by atoms with van der Waals surface area (Å²) in [5.74, 6) is 0.216. The number of nitrogens with one attached hydrogen (secondary N) is 2. The lowest BCUT2D eigenvalue weighted by Crippen LogP contribution is -2.28. The quantitative estimate of drug-likeness (QED) is 0.645. The van der Waals surface area contributed by atoms with Crippen molar-refractivity contribution in [3.05, 3.63) is 64.9 Å². The van der Waals surface area contributed by atoms with Crippen molar-refractivity contribution in [3.8, 4) is 5.75 Å². The van der Waals surface area contributed by atoms with Crippen LogP contribution in [0, 0.1) is 5.82 Å². The van der Waals surface area contributed by atoms with E-state index in [2.05, 4.69) is 20.8 Å². The van der Waals surface area contributed by atoms with Crippen molar-refractivity contribution >= 4 is 28.1 Å². The van der Waals surface area contributed by atoms with Crippen molar-refractivity contribution in [3.63, 3.8) is 0 Å². The number of carbonyl (C=O) groups is 1. The first-order valence-corrected chi connectivity index (χ1v) is 9.14. The van der Waals surface area contributed by atoms with Crippen LogP contribution in [0.3, 0.4) is 0 Å². The third-order valence-corrected chi connectivity index (χ3v) is 4.71. The Morgan fingerprint density at radius 3 is 2.67 bits per heavy atom. The molecule has 0 spiro atoms. The van der Waals surface area contributed by atoms with Gasteiger partial charge >= 0.3 is 0 Å². The first-order chi connectivity index (χ1) is 13.0. The molecule has 1 atom stereocenters. The molecule has 8 heteroatoms. The van der Waals surface area contributed by atoms with Gasteiger partial charge in [-0.05, 0) is 36.8 Å². The number of benzene rings is 2. The highest BCUT2D eigenvalue weighted by Crippen LogP contribution is 2.28. The molecule has 0 bridgehead atoms. The average Bonchev–Trinajstić information content (AvgIpc) is 3.09. The average molecular weight is 386 g/mol. The molecule has 3 rings (SSSR count). The Morgan fingerprint density at radius 2 is 1.93 bits per heavy atom. The number of hydrogen-bond donors (Lipinski definition) is 2. The van der Waals surface area contributed by atoms with Crippen LogP contribution >= 0.6 is 11.3 Å². The molecule has 0 aliphatic carbocycles. The molecule has 0 unspecified atom stereocenters. The number of aromatic nitrogens is 2. The van der Waals surface area contributed by atoms with E-state index >= 15 is 0 Å². The standard InChI is InChI=1S/C19H19FN4O2S/c1-12(13-7-9-14(20)10-8-13)21-17(25)11-18-23-24-19(27-18)22-15-5-3-4-6-16(15)26-2/h3-10,12H,11H2,1-2H3,(H,21,25)(H,22,24)/t12-/m0/s1. The molecule has 6 nitrogen and oxygen atoms in total. The zero-order valence-corrected chi connectivity index (χ0v) is 15.7. The van der Waals surface area contributed by atoms with Gasteiger partial charge in [-0.3, -0.25) is 4.79 Å². The minimum absolute atomic E-state index is 0.122. The van der Waals surface area contributed by atoms with Gasteiger partial charge in [0.1, 0.15) is 16.6 Å². The Hall–Kier alpha value is -3.00. The van der Waals surface area contributed by atoms with Gasteiger partial charge in [0, 0.05) is 0 Å². The van der Waals surface area contributed by atoms with E-state index in [1.807, 2.05) is 31.2 Å². The Morgan fingerprint density at radius 1 is 1.19 bits per heavy atom. The van der Waals surface area contributed by atoms with Crippen LogP contribution in [-0.4, -0.2) is 23.2 Å². The Balaban J connectivity index is 1.58. The van der Waals surface area contributed by atoms with E-state index in [0.29, 0.717) is 15.9 Å². The normalized spacial score (nSPS) is 11.7. The zero-order valence-electron chi connectivity index (χ0n) is 14.9. The van der Waals surface area contributed by atoms with Crippen LogP contribution in [0.4, 0.5) is 15.2 Å². The topological polar surface area (TPSA) is 76.1 Å². The summed E-state index contributed by atoms with van der Waals surface area (Å²) in [5, 5.41) is 15.3. The number of halogens is 1. The molecule has 0 saturated heterocycles. The third kappa shape index (κ3) is 5.01. The van der Waals surface area contributed by atoms with E-state index in [4.69, 9.17) is 4.74 Å². The third-order valence-electron chi connectivity index (χ3n) is 3.87. The lowest BCUT2D eigenvalue weighted by atomic mass is 10.1. The predicted molar refractivity (Wildman–Crippen MR) is 103 cm³/mol. The second-order valence-electron chi connectivity index (χ2n) is 5.84. The van der Waals surface area contributed by atoms with Crippen molar-refractivity contribution in [1.29, 1.82) is 0 Å². The highest BCUT2D eigenvalue weighted by molar-refractivity contribution is 7.15. The molecule has 0 fully saturated rings. The molecule has 140 valence electrons. The van der Waals surface area contributed by atoms with Gasteiger partial charge in [0.05, 0.1) is 25.3 Å². The highest BCUT2D eigenvalue weighted by Gasteiger charge is 2.14. The first-order valence-electron chi connectivity index (χ1n) is 8.32. The summed E-state index contributed by atoms with van der Waals surface area (Å²) >= 11 is 1.30. The number of anilines is 2. The minimum Gasteiger partial charge on any atom is -0.495 e. The summed E-state index contributed by atoms with van der Waals surface area (Å²) in [4.78, 5) is 12.2. The maximum Gasteiger partial charge on any atom is 0.227 e. The summed E-state index contributed by atoms with van der Waals surface area (Å²) in [6, 6.07) is 13.3. The molecule has 2 aromatic carbocycles. The van der Waals surface area contributed by atoms with Gasteiger partial charge in [-0.25, -0.2) is 4.39 Å². The monoisotopic (exact) mass is 386 g/mol. The number of amides is 1. The second-order valence-corrected chi connectivity index (χ2v) is 6.91.